The third-order valence-electron chi connectivity index (χ3n) is 3.65. The van der Waals surface area contributed by atoms with Crippen molar-refractivity contribution in [1.82, 2.24) is 0 Å². The summed E-state index contributed by atoms with van der Waals surface area (Å²) in [5.74, 6) is 3.26. The lowest BCUT2D eigenvalue weighted by molar-refractivity contribution is 0.294. The number of rotatable bonds is 3. The summed E-state index contributed by atoms with van der Waals surface area (Å²) in [7, 11) is 1.68. The van der Waals surface area contributed by atoms with E-state index in [4.69, 9.17) is 9.47 Å². The van der Waals surface area contributed by atoms with E-state index in [1.54, 1.807) is 7.11 Å². The van der Waals surface area contributed by atoms with Crippen molar-refractivity contribution >= 4 is 0 Å². The van der Waals surface area contributed by atoms with Crippen molar-refractivity contribution in [2.75, 3.05) is 7.11 Å². The Bertz CT molecular complexity index is 615. The Balaban J connectivity index is 1.76. The molecule has 0 saturated carbocycles. The topological polar surface area (TPSA) is 18.5 Å². The summed E-state index contributed by atoms with van der Waals surface area (Å²) in [6, 6.07) is 8.09. The summed E-state index contributed by atoms with van der Waals surface area (Å²) in [5.41, 5.74) is 2.47. The summed E-state index contributed by atoms with van der Waals surface area (Å²) in [6.07, 6.45) is 11.3. The third-order valence-corrected chi connectivity index (χ3v) is 3.65. The van der Waals surface area contributed by atoms with Crippen molar-refractivity contribution in [3.05, 3.63) is 77.3 Å². The van der Waals surface area contributed by atoms with Gasteiger partial charge in [0.1, 0.15) is 17.3 Å². The second-order valence-corrected chi connectivity index (χ2v) is 5.09. The Morgan fingerprint density at radius 3 is 2.65 bits per heavy atom. The molecule has 1 aliphatic heterocycles. The van der Waals surface area contributed by atoms with Crippen LogP contribution < -0.4 is 4.74 Å². The highest BCUT2D eigenvalue weighted by atomic mass is 16.5. The molecule has 0 N–H and O–H groups in total. The van der Waals surface area contributed by atoms with Gasteiger partial charge in [0.15, 0.2) is 0 Å². The molecule has 0 fully saturated rings. The van der Waals surface area contributed by atoms with Crippen molar-refractivity contribution in [3.63, 3.8) is 0 Å². The monoisotopic (exact) mass is 266 g/mol. The first-order chi connectivity index (χ1) is 9.76. The number of allylic oxidation sites excluding steroid dienone is 7. The molecule has 1 atom stereocenters. The summed E-state index contributed by atoms with van der Waals surface area (Å²) in [6.45, 7) is 2.18. The van der Waals surface area contributed by atoms with Gasteiger partial charge in [-0.1, -0.05) is 37.3 Å². The summed E-state index contributed by atoms with van der Waals surface area (Å²) >= 11 is 0. The molecule has 0 bridgehead atoms. The Morgan fingerprint density at radius 2 is 1.90 bits per heavy atom. The van der Waals surface area contributed by atoms with Gasteiger partial charge >= 0.3 is 0 Å². The molecule has 0 aromatic heterocycles. The van der Waals surface area contributed by atoms with Crippen LogP contribution in [0, 0.1) is 5.92 Å². The van der Waals surface area contributed by atoms with Gasteiger partial charge in [0.2, 0.25) is 0 Å². The predicted molar refractivity (Wildman–Crippen MR) is 80.3 cm³/mol. The molecule has 0 saturated heterocycles. The molecule has 1 aromatic rings. The zero-order valence-corrected chi connectivity index (χ0v) is 11.8. The summed E-state index contributed by atoms with van der Waals surface area (Å²) in [5, 5.41) is 0. The average molecular weight is 266 g/mol. The molecule has 0 spiro atoms. The van der Waals surface area contributed by atoms with E-state index in [0.29, 0.717) is 5.92 Å². The average Bonchev–Trinajstić information content (AvgIpc) is 2.48. The van der Waals surface area contributed by atoms with Crippen LogP contribution in [0.3, 0.4) is 0 Å². The smallest absolute Gasteiger partial charge is 0.130 e. The SMILES string of the molecule is COc1ccc(CC2=CC=C3C(=CC=CC3C)O2)cc1. The van der Waals surface area contributed by atoms with Crippen LogP contribution in [0.2, 0.25) is 0 Å². The van der Waals surface area contributed by atoms with E-state index >= 15 is 0 Å². The van der Waals surface area contributed by atoms with Crippen molar-refractivity contribution in [1.29, 1.82) is 0 Å². The van der Waals surface area contributed by atoms with Crippen LogP contribution in [0.4, 0.5) is 0 Å². The van der Waals surface area contributed by atoms with Crippen molar-refractivity contribution in [2.45, 2.75) is 13.3 Å². The molecule has 20 heavy (non-hydrogen) atoms. The van der Waals surface area contributed by atoms with Crippen LogP contribution in [0.5, 0.6) is 5.75 Å². The number of hydrogen-bond acceptors (Lipinski definition) is 2. The zero-order valence-electron chi connectivity index (χ0n) is 11.8. The number of fused-ring (bicyclic) bond motifs is 1. The van der Waals surface area contributed by atoms with Crippen LogP contribution in [0.1, 0.15) is 12.5 Å². The number of benzene rings is 1. The minimum atomic E-state index is 0.425. The van der Waals surface area contributed by atoms with Crippen LogP contribution in [0.15, 0.2) is 71.7 Å². The lowest BCUT2D eigenvalue weighted by Crippen LogP contribution is -2.10. The van der Waals surface area contributed by atoms with Crippen molar-refractivity contribution < 1.29 is 9.47 Å². The first-order valence-electron chi connectivity index (χ1n) is 6.86. The first-order valence-corrected chi connectivity index (χ1v) is 6.86. The quantitative estimate of drug-likeness (QED) is 0.817. The van der Waals surface area contributed by atoms with E-state index in [1.807, 2.05) is 18.2 Å². The molecular weight excluding hydrogens is 248 g/mol. The lowest BCUT2D eigenvalue weighted by atomic mass is 9.93. The minimum absolute atomic E-state index is 0.425. The standard InChI is InChI=1S/C18H18O2/c1-13-4-3-5-18-17(13)11-10-16(20-18)12-14-6-8-15(19-2)9-7-14/h3-11,13H,12H2,1-2H3. The van der Waals surface area contributed by atoms with Gasteiger partial charge in [-0.2, -0.15) is 0 Å². The molecule has 1 heterocycles. The fourth-order valence-corrected chi connectivity index (χ4v) is 2.46. The van der Waals surface area contributed by atoms with Gasteiger partial charge in [0, 0.05) is 17.9 Å². The van der Waals surface area contributed by atoms with E-state index in [0.717, 1.165) is 23.7 Å². The van der Waals surface area contributed by atoms with Gasteiger partial charge in [-0.3, -0.25) is 0 Å². The highest BCUT2D eigenvalue weighted by molar-refractivity contribution is 5.44. The number of ether oxygens (including phenoxy) is 2. The molecule has 1 aromatic carbocycles. The van der Waals surface area contributed by atoms with Gasteiger partial charge in [0.05, 0.1) is 7.11 Å². The zero-order chi connectivity index (χ0) is 13.9. The Morgan fingerprint density at radius 1 is 1.10 bits per heavy atom. The van der Waals surface area contributed by atoms with E-state index < -0.39 is 0 Å². The normalized spacial score (nSPS) is 20.3. The highest BCUT2D eigenvalue weighted by Gasteiger charge is 2.19. The fourth-order valence-electron chi connectivity index (χ4n) is 2.46. The van der Waals surface area contributed by atoms with Crippen LogP contribution >= 0.6 is 0 Å². The predicted octanol–water partition coefficient (Wildman–Crippen LogP) is 4.17. The fraction of sp³-hybridized carbons (Fsp3) is 0.222. The second-order valence-electron chi connectivity index (χ2n) is 5.09. The lowest BCUT2D eigenvalue weighted by Gasteiger charge is -2.24. The maximum Gasteiger partial charge on any atom is 0.130 e. The minimum Gasteiger partial charge on any atom is -0.497 e. The first kappa shape index (κ1) is 12.8. The maximum absolute atomic E-state index is 5.99. The van der Waals surface area contributed by atoms with Crippen molar-refractivity contribution in [2.24, 2.45) is 5.92 Å². The molecule has 3 rings (SSSR count). The van der Waals surface area contributed by atoms with E-state index in [2.05, 4.69) is 43.4 Å². The van der Waals surface area contributed by atoms with Crippen LogP contribution in [-0.2, 0) is 11.2 Å². The summed E-state index contributed by atoms with van der Waals surface area (Å²) < 4.78 is 11.2. The van der Waals surface area contributed by atoms with Gasteiger partial charge < -0.3 is 9.47 Å². The maximum atomic E-state index is 5.99. The molecule has 0 radical (unpaired) electrons. The van der Waals surface area contributed by atoms with E-state index in [-0.39, 0.29) is 0 Å². The number of methoxy groups -OCH3 is 1. The molecule has 0 amide bonds. The Labute approximate surface area is 119 Å². The molecule has 2 aliphatic rings. The van der Waals surface area contributed by atoms with Gasteiger partial charge in [-0.15, -0.1) is 0 Å². The summed E-state index contributed by atoms with van der Waals surface area (Å²) in [4.78, 5) is 0. The Hall–Kier alpha value is -2.22. The van der Waals surface area contributed by atoms with Crippen molar-refractivity contribution in [3.8, 4) is 5.75 Å². The van der Waals surface area contributed by atoms with E-state index in [1.165, 1.54) is 11.1 Å². The molecule has 1 unspecified atom stereocenters. The largest absolute Gasteiger partial charge is 0.497 e. The number of hydrogen-bond donors (Lipinski definition) is 0. The molecule has 2 heteroatoms. The Kier molecular flexibility index (Phi) is 3.46. The van der Waals surface area contributed by atoms with Gasteiger partial charge in [-0.25, -0.2) is 0 Å². The van der Waals surface area contributed by atoms with Crippen LogP contribution in [-0.4, -0.2) is 7.11 Å². The highest BCUT2D eigenvalue weighted by Crippen LogP contribution is 2.32. The van der Waals surface area contributed by atoms with E-state index in [9.17, 15) is 0 Å². The van der Waals surface area contributed by atoms with Gasteiger partial charge in [0.25, 0.3) is 0 Å². The third kappa shape index (κ3) is 2.55. The van der Waals surface area contributed by atoms with Crippen LogP contribution in [0.25, 0.3) is 0 Å². The van der Waals surface area contributed by atoms with Gasteiger partial charge in [-0.05, 0) is 29.8 Å². The molecular formula is C18H18O2. The molecule has 2 nitrogen and oxygen atoms in total. The molecule has 102 valence electrons. The molecule has 1 aliphatic carbocycles. The second kappa shape index (κ2) is 5.41.